The standard InChI is InChI=1S/C9H12N2O/c1-7-4-8(6-11-5-7)9(12)2-3-10/h4-6H,2-3,10H2,1H3. The van der Waals surface area contributed by atoms with Gasteiger partial charge in [0.1, 0.15) is 0 Å². The molecule has 0 aliphatic carbocycles. The normalized spacial score (nSPS) is 9.83. The van der Waals surface area contributed by atoms with Gasteiger partial charge in [0.15, 0.2) is 5.78 Å². The number of aryl methyl sites for hydroxylation is 1. The molecule has 1 aromatic heterocycles. The second-order valence-electron chi connectivity index (χ2n) is 2.71. The average molecular weight is 164 g/mol. The summed E-state index contributed by atoms with van der Waals surface area (Å²) in [5.41, 5.74) is 6.91. The summed E-state index contributed by atoms with van der Waals surface area (Å²) in [6.45, 7) is 2.30. The maximum Gasteiger partial charge on any atom is 0.165 e. The van der Waals surface area contributed by atoms with Crippen molar-refractivity contribution in [1.29, 1.82) is 0 Å². The van der Waals surface area contributed by atoms with E-state index in [9.17, 15) is 4.79 Å². The van der Waals surface area contributed by atoms with E-state index in [1.165, 1.54) is 0 Å². The minimum absolute atomic E-state index is 0.0636. The maximum atomic E-state index is 11.3. The Labute approximate surface area is 71.6 Å². The number of carbonyl (C=O) groups excluding carboxylic acids is 1. The lowest BCUT2D eigenvalue weighted by atomic mass is 10.1. The molecular formula is C9H12N2O. The van der Waals surface area contributed by atoms with Gasteiger partial charge in [-0.3, -0.25) is 9.78 Å². The SMILES string of the molecule is Cc1cncc(C(=O)CCN)c1. The van der Waals surface area contributed by atoms with Gasteiger partial charge in [-0.25, -0.2) is 0 Å². The summed E-state index contributed by atoms with van der Waals surface area (Å²) in [6, 6.07) is 1.82. The lowest BCUT2D eigenvalue weighted by Crippen LogP contribution is -2.08. The highest BCUT2D eigenvalue weighted by Gasteiger charge is 2.03. The van der Waals surface area contributed by atoms with Gasteiger partial charge in [-0.1, -0.05) is 0 Å². The zero-order valence-corrected chi connectivity index (χ0v) is 7.08. The summed E-state index contributed by atoms with van der Waals surface area (Å²) in [6.07, 6.45) is 3.69. The van der Waals surface area contributed by atoms with Crippen LogP contribution in [0.15, 0.2) is 18.5 Å². The van der Waals surface area contributed by atoms with Crippen molar-refractivity contribution in [3.8, 4) is 0 Å². The number of pyridine rings is 1. The predicted molar refractivity (Wildman–Crippen MR) is 47.0 cm³/mol. The van der Waals surface area contributed by atoms with Crippen LogP contribution in [-0.4, -0.2) is 17.3 Å². The van der Waals surface area contributed by atoms with Crippen LogP contribution in [0.4, 0.5) is 0 Å². The Balaban J connectivity index is 2.81. The fraction of sp³-hybridized carbons (Fsp3) is 0.333. The van der Waals surface area contributed by atoms with Crippen molar-refractivity contribution < 1.29 is 4.79 Å². The lowest BCUT2D eigenvalue weighted by Gasteiger charge is -1.98. The smallest absolute Gasteiger partial charge is 0.165 e. The summed E-state index contributed by atoms with van der Waals surface area (Å²) < 4.78 is 0. The van der Waals surface area contributed by atoms with Gasteiger partial charge in [0, 0.05) is 24.4 Å². The highest BCUT2D eigenvalue weighted by molar-refractivity contribution is 5.95. The van der Waals surface area contributed by atoms with Gasteiger partial charge < -0.3 is 5.73 Å². The van der Waals surface area contributed by atoms with Crippen LogP contribution >= 0.6 is 0 Å². The topological polar surface area (TPSA) is 56.0 Å². The summed E-state index contributed by atoms with van der Waals surface area (Å²) in [7, 11) is 0. The highest BCUT2D eigenvalue weighted by atomic mass is 16.1. The van der Waals surface area contributed by atoms with Gasteiger partial charge in [0.25, 0.3) is 0 Å². The molecule has 0 aromatic carbocycles. The molecule has 12 heavy (non-hydrogen) atoms. The monoisotopic (exact) mass is 164 g/mol. The second-order valence-corrected chi connectivity index (χ2v) is 2.71. The van der Waals surface area contributed by atoms with Gasteiger partial charge in [0.05, 0.1) is 0 Å². The minimum atomic E-state index is 0.0636. The van der Waals surface area contributed by atoms with Crippen LogP contribution in [0.5, 0.6) is 0 Å². The number of nitrogens with zero attached hydrogens (tertiary/aromatic N) is 1. The zero-order valence-electron chi connectivity index (χ0n) is 7.08. The summed E-state index contributed by atoms with van der Waals surface area (Å²) in [5.74, 6) is 0.0636. The Hall–Kier alpha value is -1.22. The van der Waals surface area contributed by atoms with E-state index in [0.29, 0.717) is 18.5 Å². The average Bonchev–Trinajstić information content (AvgIpc) is 2.05. The number of nitrogens with two attached hydrogens (primary N) is 1. The first-order valence-electron chi connectivity index (χ1n) is 3.89. The van der Waals surface area contributed by atoms with Crippen LogP contribution in [0.25, 0.3) is 0 Å². The summed E-state index contributed by atoms with van der Waals surface area (Å²) in [5, 5.41) is 0. The number of carbonyl (C=O) groups is 1. The van der Waals surface area contributed by atoms with E-state index in [4.69, 9.17) is 5.73 Å². The molecule has 0 fully saturated rings. The van der Waals surface area contributed by atoms with E-state index < -0.39 is 0 Å². The van der Waals surface area contributed by atoms with Crippen molar-refractivity contribution in [3.05, 3.63) is 29.6 Å². The first-order chi connectivity index (χ1) is 5.74. The number of Topliss-reactive ketones (excluding diaryl/α,β-unsaturated/α-hetero) is 1. The van der Waals surface area contributed by atoms with Crippen molar-refractivity contribution >= 4 is 5.78 Å². The largest absolute Gasteiger partial charge is 0.330 e. The Morgan fingerprint density at radius 3 is 2.92 bits per heavy atom. The second kappa shape index (κ2) is 3.97. The first kappa shape index (κ1) is 8.87. The molecule has 0 atom stereocenters. The van der Waals surface area contributed by atoms with Crippen molar-refractivity contribution in [2.45, 2.75) is 13.3 Å². The zero-order chi connectivity index (χ0) is 8.97. The van der Waals surface area contributed by atoms with Crippen LogP contribution in [0.3, 0.4) is 0 Å². The van der Waals surface area contributed by atoms with Crippen LogP contribution in [0, 0.1) is 6.92 Å². The van der Waals surface area contributed by atoms with Gasteiger partial charge in [-0.15, -0.1) is 0 Å². The minimum Gasteiger partial charge on any atom is -0.330 e. The fourth-order valence-corrected chi connectivity index (χ4v) is 0.983. The summed E-state index contributed by atoms with van der Waals surface area (Å²) >= 11 is 0. The van der Waals surface area contributed by atoms with Crippen molar-refractivity contribution in [1.82, 2.24) is 4.98 Å². The summed E-state index contributed by atoms with van der Waals surface area (Å²) in [4.78, 5) is 15.2. The molecule has 0 unspecified atom stereocenters. The van der Waals surface area contributed by atoms with E-state index in [2.05, 4.69) is 4.98 Å². The molecular weight excluding hydrogens is 152 g/mol. The van der Waals surface area contributed by atoms with Crippen LogP contribution < -0.4 is 5.73 Å². The van der Waals surface area contributed by atoms with E-state index >= 15 is 0 Å². The third-order valence-corrected chi connectivity index (χ3v) is 1.57. The Kier molecular flexibility index (Phi) is 2.94. The van der Waals surface area contributed by atoms with Crippen molar-refractivity contribution in [2.75, 3.05) is 6.54 Å². The molecule has 2 N–H and O–H groups in total. The number of hydrogen-bond donors (Lipinski definition) is 1. The molecule has 3 nitrogen and oxygen atoms in total. The van der Waals surface area contributed by atoms with E-state index in [0.717, 1.165) is 5.56 Å². The molecule has 0 radical (unpaired) electrons. The van der Waals surface area contributed by atoms with Gasteiger partial charge in [0.2, 0.25) is 0 Å². The van der Waals surface area contributed by atoms with E-state index in [1.54, 1.807) is 12.4 Å². The number of aromatic nitrogens is 1. The molecule has 0 spiro atoms. The third kappa shape index (κ3) is 2.13. The molecule has 1 rings (SSSR count). The van der Waals surface area contributed by atoms with Crippen molar-refractivity contribution in [2.24, 2.45) is 5.73 Å². The molecule has 64 valence electrons. The molecule has 0 aliphatic rings. The third-order valence-electron chi connectivity index (χ3n) is 1.57. The van der Waals surface area contributed by atoms with Crippen molar-refractivity contribution in [3.63, 3.8) is 0 Å². The van der Waals surface area contributed by atoms with Crippen LogP contribution in [0.2, 0.25) is 0 Å². The van der Waals surface area contributed by atoms with Gasteiger partial charge in [-0.05, 0) is 25.1 Å². The lowest BCUT2D eigenvalue weighted by molar-refractivity contribution is 0.0985. The number of ketones is 1. The molecule has 1 aromatic rings. The van der Waals surface area contributed by atoms with Gasteiger partial charge in [-0.2, -0.15) is 0 Å². The molecule has 1 heterocycles. The van der Waals surface area contributed by atoms with Crippen LogP contribution in [-0.2, 0) is 0 Å². The van der Waals surface area contributed by atoms with E-state index in [1.807, 2.05) is 13.0 Å². The molecule has 3 heteroatoms. The molecule has 0 amide bonds. The Morgan fingerprint density at radius 2 is 2.33 bits per heavy atom. The fourth-order valence-electron chi connectivity index (χ4n) is 0.983. The predicted octanol–water partition coefficient (Wildman–Crippen LogP) is 0.922. The number of rotatable bonds is 3. The Bertz CT molecular complexity index is 284. The van der Waals surface area contributed by atoms with E-state index in [-0.39, 0.29) is 5.78 Å². The first-order valence-corrected chi connectivity index (χ1v) is 3.89. The molecule has 0 aliphatic heterocycles. The quantitative estimate of drug-likeness (QED) is 0.676. The van der Waals surface area contributed by atoms with Gasteiger partial charge >= 0.3 is 0 Å². The maximum absolute atomic E-state index is 11.3. The Morgan fingerprint density at radius 1 is 1.58 bits per heavy atom. The molecule has 0 saturated carbocycles. The molecule has 0 bridgehead atoms. The molecule has 0 saturated heterocycles. The number of hydrogen-bond acceptors (Lipinski definition) is 3. The highest BCUT2D eigenvalue weighted by Crippen LogP contribution is 2.03. The van der Waals surface area contributed by atoms with Crippen LogP contribution in [0.1, 0.15) is 22.3 Å².